The van der Waals surface area contributed by atoms with Crippen molar-refractivity contribution in [1.82, 2.24) is 4.90 Å². The SMILES string of the molecule is CCC(=O)N1CCc2cc(C(=O)N(C)CCO)ccc21. The minimum atomic E-state index is -0.109. The van der Waals surface area contributed by atoms with Crippen LogP contribution in [-0.4, -0.2) is 48.6 Å². The highest BCUT2D eigenvalue weighted by molar-refractivity contribution is 5.98. The first-order valence-electron chi connectivity index (χ1n) is 6.88. The lowest BCUT2D eigenvalue weighted by Gasteiger charge is -2.18. The zero-order chi connectivity index (χ0) is 14.7. The fourth-order valence-corrected chi connectivity index (χ4v) is 2.46. The summed E-state index contributed by atoms with van der Waals surface area (Å²) in [5.41, 5.74) is 2.55. The van der Waals surface area contributed by atoms with E-state index in [1.165, 1.54) is 4.90 Å². The summed E-state index contributed by atoms with van der Waals surface area (Å²) >= 11 is 0. The minimum absolute atomic E-state index is 0.0496. The van der Waals surface area contributed by atoms with Gasteiger partial charge >= 0.3 is 0 Å². The van der Waals surface area contributed by atoms with Gasteiger partial charge in [-0.05, 0) is 30.2 Å². The molecule has 1 aliphatic rings. The van der Waals surface area contributed by atoms with Gasteiger partial charge in [0, 0.05) is 37.8 Å². The average molecular weight is 276 g/mol. The first kappa shape index (κ1) is 14.5. The van der Waals surface area contributed by atoms with Crippen molar-refractivity contribution in [3.05, 3.63) is 29.3 Å². The number of likely N-dealkylation sites (N-methyl/N-ethyl adjacent to an activating group) is 1. The van der Waals surface area contributed by atoms with Gasteiger partial charge in [-0.3, -0.25) is 9.59 Å². The lowest BCUT2D eigenvalue weighted by atomic mass is 10.1. The van der Waals surface area contributed by atoms with Crippen molar-refractivity contribution in [3.8, 4) is 0 Å². The van der Waals surface area contributed by atoms with Gasteiger partial charge in [0.1, 0.15) is 0 Å². The third kappa shape index (κ3) is 2.67. The molecular formula is C15H20N2O3. The Balaban J connectivity index is 2.22. The molecule has 1 aromatic carbocycles. The fraction of sp³-hybridized carbons (Fsp3) is 0.467. The average Bonchev–Trinajstić information content (AvgIpc) is 2.88. The molecule has 1 aliphatic heterocycles. The Labute approximate surface area is 118 Å². The lowest BCUT2D eigenvalue weighted by molar-refractivity contribution is -0.118. The van der Waals surface area contributed by atoms with Crippen molar-refractivity contribution in [2.75, 3.05) is 31.6 Å². The molecule has 2 amide bonds. The second-order valence-corrected chi connectivity index (χ2v) is 4.94. The van der Waals surface area contributed by atoms with Crippen LogP contribution < -0.4 is 4.90 Å². The highest BCUT2D eigenvalue weighted by Crippen LogP contribution is 2.29. The number of carbonyl (C=O) groups excluding carboxylic acids is 2. The summed E-state index contributed by atoms with van der Waals surface area (Å²) in [6.45, 7) is 2.80. The van der Waals surface area contributed by atoms with Crippen LogP contribution in [0.2, 0.25) is 0 Å². The number of anilines is 1. The molecule has 0 unspecified atom stereocenters. The first-order chi connectivity index (χ1) is 9.58. The molecule has 0 saturated heterocycles. The molecule has 108 valence electrons. The van der Waals surface area contributed by atoms with Crippen LogP contribution in [-0.2, 0) is 11.2 Å². The van der Waals surface area contributed by atoms with Crippen LogP contribution in [0.3, 0.4) is 0 Å². The van der Waals surface area contributed by atoms with Gasteiger partial charge in [-0.15, -0.1) is 0 Å². The molecule has 0 fully saturated rings. The molecule has 20 heavy (non-hydrogen) atoms. The predicted octanol–water partition coefficient (Wildman–Crippen LogP) is 1.05. The maximum atomic E-state index is 12.1. The monoisotopic (exact) mass is 276 g/mol. The normalized spacial score (nSPS) is 13.2. The lowest BCUT2D eigenvalue weighted by Crippen LogP contribution is -2.29. The van der Waals surface area contributed by atoms with Gasteiger partial charge in [0.05, 0.1) is 6.61 Å². The molecule has 1 aromatic rings. The van der Waals surface area contributed by atoms with E-state index in [9.17, 15) is 9.59 Å². The molecule has 1 N–H and O–H groups in total. The van der Waals surface area contributed by atoms with Crippen LogP contribution in [0.25, 0.3) is 0 Å². The van der Waals surface area contributed by atoms with E-state index in [1.807, 2.05) is 19.1 Å². The molecule has 0 aromatic heterocycles. The van der Waals surface area contributed by atoms with Crippen molar-refractivity contribution in [1.29, 1.82) is 0 Å². The molecule has 0 atom stereocenters. The van der Waals surface area contributed by atoms with Gasteiger partial charge in [-0.1, -0.05) is 6.92 Å². The van der Waals surface area contributed by atoms with Crippen molar-refractivity contribution in [2.24, 2.45) is 0 Å². The Morgan fingerprint density at radius 3 is 2.80 bits per heavy atom. The van der Waals surface area contributed by atoms with Gasteiger partial charge in [0.2, 0.25) is 5.91 Å². The van der Waals surface area contributed by atoms with E-state index >= 15 is 0 Å². The molecule has 0 saturated carbocycles. The van der Waals surface area contributed by atoms with E-state index in [1.54, 1.807) is 18.0 Å². The number of fused-ring (bicyclic) bond motifs is 1. The molecular weight excluding hydrogens is 256 g/mol. The molecule has 1 heterocycles. The highest BCUT2D eigenvalue weighted by atomic mass is 16.3. The Morgan fingerprint density at radius 1 is 1.40 bits per heavy atom. The van der Waals surface area contributed by atoms with Crippen LogP contribution in [0.15, 0.2) is 18.2 Å². The second-order valence-electron chi connectivity index (χ2n) is 4.94. The smallest absolute Gasteiger partial charge is 0.253 e. The number of hydrogen-bond acceptors (Lipinski definition) is 3. The number of carbonyl (C=O) groups is 2. The van der Waals surface area contributed by atoms with E-state index in [0.717, 1.165) is 17.7 Å². The number of nitrogens with zero attached hydrogens (tertiary/aromatic N) is 2. The van der Waals surface area contributed by atoms with Gasteiger partial charge in [-0.25, -0.2) is 0 Å². The zero-order valence-electron chi connectivity index (χ0n) is 11.9. The summed E-state index contributed by atoms with van der Waals surface area (Å²) in [6.07, 6.45) is 1.27. The van der Waals surface area contributed by atoms with Crippen LogP contribution in [0, 0.1) is 0 Å². The van der Waals surface area contributed by atoms with Crippen LogP contribution in [0.5, 0.6) is 0 Å². The van der Waals surface area contributed by atoms with Gasteiger partial charge < -0.3 is 14.9 Å². The Kier molecular flexibility index (Phi) is 4.39. The number of amides is 2. The summed E-state index contributed by atoms with van der Waals surface area (Å²) in [4.78, 5) is 27.2. The third-order valence-electron chi connectivity index (χ3n) is 3.61. The van der Waals surface area contributed by atoms with Gasteiger partial charge in [-0.2, -0.15) is 0 Å². The predicted molar refractivity (Wildman–Crippen MR) is 76.8 cm³/mol. The molecule has 0 radical (unpaired) electrons. The number of aliphatic hydroxyl groups is 1. The topological polar surface area (TPSA) is 60.9 Å². The fourth-order valence-electron chi connectivity index (χ4n) is 2.46. The first-order valence-corrected chi connectivity index (χ1v) is 6.88. The molecule has 2 rings (SSSR count). The summed E-state index contributed by atoms with van der Waals surface area (Å²) in [5, 5.41) is 8.87. The largest absolute Gasteiger partial charge is 0.395 e. The molecule has 0 bridgehead atoms. The van der Waals surface area contributed by atoms with Gasteiger partial charge in [0.25, 0.3) is 5.91 Å². The quantitative estimate of drug-likeness (QED) is 0.894. The van der Waals surface area contributed by atoms with E-state index in [-0.39, 0.29) is 18.4 Å². The number of rotatable bonds is 4. The number of benzene rings is 1. The third-order valence-corrected chi connectivity index (χ3v) is 3.61. The number of hydrogen-bond donors (Lipinski definition) is 1. The van der Waals surface area contributed by atoms with Crippen molar-refractivity contribution >= 4 is 17.5 Å². The standard InChI is InChI=1S/C15H20N2O3/c1-3-14(19)17-7-6-11-10-12(4-5-13(11)17)15(20)16(2)8-9-18/h4-5,10,18H,3,6-9H2,1-2H3. The Bertz CT molecular complexity index is 528. The summed E-state index contributed by atoms with van der Waals surface area (Å²) in [5.74, 6) is 0.00217. The van der Waals surface area contributed by atoms with Crippen LogP contribution >= 0.6 is 0 Å². The van der Waals surface area contributed by atoms with Crippen molar-refractivity contribution in [3.63, 3.8) is 0 Å². The maximum Gasteiger partial charge on any atom is 0.253 e. The van der Waals surface area contributed by atoms with E-state index in [0.29, 0.717) is 25.1 Å². The molecule has 0 spiro atoms. The zero-order valence-corrected chi connectivity index (χ0v) is 11.9. The van der Waals surface area contributed by atoms with E-state index < -0.39 is 0 Å². The maximum absolute atomic E-state index is 12.1. The molecule has 5 heteroatoms. The van der Waals surface area contributed by atoms with E-state index in [2.05, 4.69) is 0 Å². The molecule has 5 nitrogen and oxygen atoms in total. The van der Waals surface area contributed by atoms with Crippen LogP contribution in [0.1, 0.15) is 29.3 Å². The van der Waals surface area contributed by atoms with E-state index in [4.69, 9.17) is 5.11 Å². The number of aliphatic hydroxyl groups excluding tert-OH is 1. The minimum Gasteiger partial charge on any atom is -0.395 e. The summed E-state index contributed by atoms with van der Waals surface area (Å²) in [6, 6.07) is 5.45. The van der Waals surface area contributed by atoms with Crippen molar-refractivity contribution in [2.45, 2.75) is 19.8 Å². The summed E-state index contributed by atoms with van der Waals surface area (Å²) in [7, 11) is 1.67. The van der Waals surface area contributed by atoms with Gasteiger partial charge in [0.15, 0.2) is 0 Å². The second kappa shape index (κ2) is 6.05. The Hall–Kier alpha value is -1.88. The highest BCUT2D eigenvalue weighted by Gasteiger charge is 2.24. The summed E-state index contributed by atoms with van der Waals surface area (Å²) < 4.78 is 0. The van der Waals surface area contributed by atoms with Crippen molar-refractivity contribution < 1.29 is 14.7 Å². The molecule has 0 aliphatic carbocycles. The Morgan fingerprint density at radius 2 is 2.15 bits per heavy atom. The van der Waals surface area contributed by atoms with Crippen LogP contribution in [0.4, 0.5) is 5.69 Å².